The summed E-state index contributed by atoms with van der Waals surface area (Å²) in [6.45, 7) is 3.56. The number of benzene rings is 1. The molecule has 0 saturated carbocycles. The number of hydrogen-bond donors (Lipinski definition) is 4. The molecular formula is C18H22ClN5O2. The first-order chi connectivity index (χ1) is 12.3. The van der Waals surface area contributed by atoms with Gasteiger partial charge in [-0.2, -0.15) is 10.1 Å². The molecule has 138 valence electrons. The molecule has 1 heterocycles. The molecule has 1 amide bonds. The van der Waals surface area contributed by atoms with Crippen LogP contribution < -0.4 is 10.6 Å². The van der Waals surface area contributed by atoms with Gasteiger partial charge in [0, 0.05) is 22.5 Å². The summed E-state index contributed by atoms with van der Waals surface area (Å²) in [7, 11) is 0. The topological polar surface area (TPSA) is 102 Å². The summed E-state index contributed by atoms with van der Waals surface area (Å²) in [5, 5.41) is 24.5. The van der Waals surface area contributed by atoms with E-state index >= 15 is 0 Å². The number of allylic oxidation sites excluding steroid dienone is 1. The number of guanidine groups is 1. The van der Waals surface area contributed by atoms with Crippen LogP contribution in [-0.2, 0) is 4.79 Å². The zero-order valence-electron chi connectivity index (χ0n) is 14.8. The highest BCUT2D eigenvalue weighted by Gasteiger charge is 2.18. The summed E-state index contributed by atoms with van der Waals surface area (Å²) in [6, 6.07) is 5.36. The Morgan fingerprint density at radius 2 is 2.27 bits per heavy atom. The van der Waals surface area contributed by atoms with Gasteiger partial charge in [-0.15, -0.1) is 0 Å². The van der Waals surface area contributed by atoms with Crippen molar-refractivity contribution in [3.63, 3.8) is 0 Å². The number of halogens is 1. The molecule has 0 aliphatic heterocycles. The number of carbonyl (C=O) groups excluding carboxylic acids is 1. The molecule has 0 radical (unpaired) electrons. The van der Waals surface area contributed by atoms with Crippen LogP contribution in [0.15, 0.2) is 34.8 Å². The predicted molar refractivity (Wildman–Crippen MR) is 103 cm³/mol. The summed E-state index contributed by atoms with van der Waals surface area (Å²) in [4.78, 5) is 16.5. The van der Waals surface area contributed by atoms with E-state index in [1.807, 2.05) is 12.1 Å². The van der Waals surface area contributed by atoms with Gasteiger partial charge < -0.3 is 15.7 Å². The summed E-state index contributed by atoms with van der Waals surface area (Å²) >= 11 is 5.99. The van der Waals surface area contributed by atoms with E-state index in [9.17, 15) is 9.90 Å². The number of fused-ring (bicyclic) bond motifs is 1. The molecule has 0 atom stereocenters. The summed E-state index contributed by atoms with van der Waals surface area (Å²) in [5.41, 5.74) is 0.527. The Kier molecular flexibility index (Phi) is 5.29. The molecule has 0 bridgehead atoms. The van der Waals surface area contributed by atoms with Crippen LogP contribution in [0.4, 0.5) is 5.82 Å². The van der Waals surface area contributed by atoms with E-state index in [1.165, 1.54) is 0 Å². The molecular weight excluding hydrogens is 354 g/mol. The van der Waals surface area contributed by atoms with Gasteiger partial charge in [0.05, 0.1) is 11.1 Å². The third-order valence-corrected chi connectivity index (χ3v) is 4.21. The van der Waals surface area contributed by atoms with E-state index in [0.717, 1.165) is 30.2 Å². The van der Waals surface area contributed by atoms with E-state index < -0.39 is 5.60 Å². The Hall–Kier alpha value is -2.38. The standard InChI is InChI=1S/C18H22ClN5O2/c1-18(2,26)10-20-17(22-16(25)11-5-3-4-6-11)21-15-13-8-7-12(19)9-14(13)23-24-15/h5,7-9,26H,3-4,6,10H2,1-2H3,(H3,20,21,22,23,24,25). The van der Waals surface area contributed by atoms with Crippen LogP contribution in [0.2, 0.25) is 5.02 Å². The van der Waals surface area contributed by atoms with Gasteiger partial charge in [-0.3, -0.25) is 9.89 Å². The smallest absolute Gasteiger partial charge is 0.275 e. The van der Waals surface area contributed by atoms with Crippen molar-refractivity contribution in [2.24, 2.45) is 4.99 Å². The van der Waals surface area contributed by atoms with Crippen molar-refractivity contribution in [3.8, 4) is 0 Å². The highest BCUT2D eigenvalue weighted by Crippen LogP contribution is 2.24. The van der Waals surface area contributed by atoms with Gasteiger partial charge in [-0.05, 0) is 51.3 Å². The SMILES string of the molecule is CC(C)(O)CN/C(=N/C(=O)C1=CCCC1)Nc1n[nH]c2cc(Cl)ccc12. The van der Waals surface area contributed by atoms with Crippen LogP contribution >= 0.6 is 11.6 Å². The van der Waals surface area contributed by atoms with E-state index in [4.69, 9.17) is 11.6 Å². The monoisotopic (exact) mass is 375 g/mol. The fraction of sp³-hybridized carbons (Fsp3) is 0.389. The lowest BCUT2D eigenvalue weighted by molar-refractivity contribution is -0.114. The number of aromatic amines is 1. The number of aliphatic imine (C=N–C) groups is 1. The molecule has 7 nitrogen and oxygen atoms in total. The summed E-state index contributed by atoms with van der Waals surface area (Å²) < 4.78 is 0. The molecule has 1 aliphatic carbocycles. The van der Waals surface area contributed by atoms with Crippen molar-refractivity contribution < 1.29 is 9.90 Å². The summed E-state index contributed by atoms with van der Waals surface area (Å²) in [5.74, 6) is 0.483. The highest BCUT2D eigenvalue weighted by atomic mass is 35.5. The molecule has 0 unspecified atom stereocenters. The van der Waals surface area contributed by atoms with Crippen molar-refractivity contribution in [1.82, 2.24) is 15.5 Å². The zero-order chi connectivity index (χ0) is 18.7. The van der Waals surface area contributed by atoms with Crippen molar-refractivity contribution in [2.45, 2.75) is 38.7 Å². The van der Waals surface area contributed by atoms with Crippen LogP contribution in [0.3, 0.4) is 0 Å². The third-order valence-electron chi connectivity index (χ3n) is 3.98. The number of nitrogens with zero attached hydrogens (tertiary/aromatic N) is 2. The average Bonchev–Trinajstić information content (AvgIpc) is 3.22. The normalized spacial score (nSPS) is 15.2. The molecule has 1 aromatic carbocycles. The van der Waals surface area contributed by atoms with Crippen molar-refractivity contribution in [2.75, 3.05) is 11.9 Å². The second-order valence-electron chi connectivity index (χ2n) is 6.94. The molecule has 2 aromatic rings. The fourth-order valence-corrected chi connectivity index (χ4v) is 2.82. The summed E-state index contributed by atoms with van der Waals surface area (Å²) in [6.07, 6.45) is 4.54. The van der Waals surface area contributed by atoms with Gasteiger partial charge in [0.1, 0.15) is 0 Å². The number of nitrogens with one attached hydrogen (secondary N) is 3. The number of H-pyrrole nitrogens is 1. The lowest BCUT2D eigenvalue weighted by atomic mass is 10.1. The van der Waals surface area contributed by atoms with Gasteiger partial charge in [0.2, 0.25) is 5.96 Å². The maximum atomic E-state index is 12.4. The maximum Gasteiger partial charge on any atom is 0.275 e. The van der Waals surface area contributed by atoms with Gasteiger partial charge >= 0.3 is 0 Å². The van der Waals surface area contributed by atoms with Crippen LogP contribution in [0.5, 0.6) is 0 Å². The predicted octanol–water partition coefficient (Wildman–Crippen LogP) is 2.98. The van der Waals surface area contributed by atoms with Gasteiger partial charge in [0.15, 0.2) is 5.82 Å². The number of rotatable bonds is 4. The van der Waals surface area contributed by atoms with E-state index in [1.54, 1.807) is 26.0 Å². The molecule has 1 aliphatic rings. The van der Waals surface area contributed by atoms with E-state index in [0.29, 0.717) is 16.4 Å². The second kappa shape index (κ2) is 7.47. The second-order valence-corrected chi connectivity index (χ2v) is 7.38. The molecule has 0 fully saturated rings. The molecule has 4 N–H and O–H groups in total. The Morgan fingerprint density at radius 3 is 2.96 bits per heavy atom. The Morgan fingerprint density at radius 1 is 1.46 bits per heavy atom. The largest absolute Gasteiger partial charge is 0.389 e. The fourth-order valence-electron chi connectivity index (χ4n) is 2.65. The lowest BCUT2D eigenvalue weighted by Crippen LogP contribution is -2.41. The average molecular weight is 376 g/mol. The van der Waals surface area contributed by atoms with Gasteiger partial charge in [0.25, 0.3) is 5.91 Å². The van der Waals surface area contributed by atoms with Crippen LogP contribution in [0.25, 0.3) is 10.9 Å². The lowest BCUT2D eigenvalue weighted by Gasteiger charge is -2.19. The van der Waals surface area contributed by atoms with Crippen LogP contribution in [-0.4, -0.2) is 39.3 Å². The molecule has 0 saturated heterocycles. The molecule has 1 aromatic heterocycles. The van der Waals surface area contributed by atoms with Crippen molar-refractivity contribution >= 4 is 40.2 Å². The molecule has 8 heteroatoms. The first-order valence-corrected chi connectivity index (χ1v) is 8.88. The van der Waals surface area contributed by atoms with Crippen LogP contribution in [0.1, 0.15) is 33.1 Å². The van der Waals surface area contributed by atoms with Crippen LogP contribution in [0, 0.1) is 0 Å². The Labute approximate surface area is 156 Å². The number of carbonyl (C=O) groups is 1. The minimum absolute atomic E-state index is 0.222. The Balaban J connectivity index is 1.85. The number of aliphatic hydroxyl groups is 1. The number of amides is 1. The number of anilines is 1. The van der Waals surface area contributed by atoms with Crippen molar-refractivity contribution in [1.29, 1.82) is 0 Å². The van der Waals surface area contributed by atoms with E-state index in [2.05, 4.69) is 25.8 Å². The highest BCUT2D eigenvalue weighted by molar-refractivity contribution is 6.31. The van der Waals surface area contributed by atoms with Gasteiger partial charge in [-0.1, -0.05) is 17.7 Å². The number of hydrogen-bond acceptors (Lipinski definition) is 3. The maximum absolute atomic E-state index is 12.4. The van der Waals surface area contributed by atoms with Gasteiger partial charge in [-0.25, -0.2) is 0 Å². The number of aromatic nitrogens is 2. The van der Waals surface area contributed by atoms with Crippen molar-refractivity contribution in [3.05, 3.63) is 34.9 Å². The zero-order valence-corrected chi connectivity index (χ0v) is 15.5. The molecule has 0 spiro atoms. The quantitative estimate of drug-likeness (QED) is 0.486. The first-order valence-electron chi connectivity index (χ1n) is 8.51. The molecule has 26 heavy (non-hydrogen) atoms. The van der Waals surface area contributed by atoms with E-state index in [-0.39, 0.29) is 18.4 Å². The first kappa shape index (κ1) is 18.4. The molecule has 3 rings (SSSR count). The third kappa shape index (κ3) is 4.62. The Bertz CT molecular complexity index is 879. The minimum Gasteiger partial charge on any atom is -0.389 e. The minimum atomic E-state index is -0.959.